The van der Waals surface area contributed by atoms with Crippen LogP contribution in [0.15, 0.2) is 27.2 Å². The van der Waals surface area contributed by atoms with Crippen molar-refractivity contribution in [1.82, 2.24) is 15.3 Å². The summed E-state index contributed by atoms with van der Waals surface area (Å²) in [5, 5.41) is 4.12. The zero-order valence-corrected chi connectivity index (χ0v) is 17.5. The maximum atomic E-state index is 12.7. The fraction of sp³-hybridized carbons (Fsp3) is 0.500. The van der Waals surface area contributed by atoms with Gasteiger partial charge >= 0.3 is 0 Å². The van der Waals surface area contributed by atoms with E-state index in [9.17, 15) is 4.79 Å². The molecule has 7 nitrogen and oxygen atoms in total. The van der Waals surface area contributed by atoms with E-state index in [1.165, 1.54) is 0 Å². The molecule has 0 aliphatic carbocycles. The van der Waals surface area contributed by atoms with E-state index in [-0.39, 0.29) is 17.9 Å². The van der Waals surface area contributed by atoms with Crippen LogP contribution >= 0.6 is 0 Å². The molecule has 29 heavy (non-hydrogen) atoms. The molecule has 1 unspecified atom stereocenters. The highest BCUT2D eigenvalue weighted by Crippen LogP contribution is 2.33. The molecule has 1 atom stereocenters. The number of furan rings is 2. The molecule has 1 amide bonds. The smallest absolute Gasteiger partial charge is 0.231 e. The molecule has 1 saturated heterocycles. The van der Waals surface area contributed by atoms with Crippen LogP contribution in [-0.4, -0.2) is 35.0 Å². The van der Waals surface area contributed by atoms with E-state index in [1.807, 2.05) is 39.8 Å². The number of hydrogen-bond acceptors (Lipinski definition) is 6. The average molecular weight is 396 g/mol. The van der Waals surface area contributed by atoms with Crippen molar-refractivity contribution in [2.45, 2.75) is 53.0 Å². The molecule has 1 fully saturated rings. The van der Waals surface area contributed by atoms with Gasteiger partial charge in [0.25, 0.3) is 0 Å². The Kier molecular flexibility index (Phi) is 5.30. The number of anilines is 1. The van der Waals surface area contributed by atoms with Crippen LogP contribution in [0.3, 0.4) is 0 Å². The van der Waals surface area contributed by atoms with Crippen LogP contribution < -0.4 is 10.2 Å². The van der Waals surface area contributed by atoms with Gasteiger partial charge in [-0.3, -0.25) is 4.79 Å². The van der Waals surface area contributed by atoms with Crippen LogP contribution in [0.4, 0.5) is 5.82 Å². The molecule has 3 aromatic rings. The zero-order valence-electron chi connectivity index (χ0n) is 17.5. The van der Waals surface area contributed by atoms with Gasteiger partial charge in [-0.05, 0) is 52.7 Å². The van der Waals surface area contributed by atoms with Crippen molar-refractivity contribution in [3.63, 3.8) is 0 Å². The summed E-state index contributed by atoms with van der Waals surface area (Å²) in [6, 6.07) is 3.85. The molecular weight excluding hydrogens is 368 g/mol. The maximum absolute atomic E-state index is 12.7. The number of carbonyl (C=O) groups excluding carboxylic acids is 1. The van der Waals surface area contributed by atoms with Gasteiger partial charge in [0.05, 0.1) is 11.6 Å². The number of rotatable bonds is 5. The lowest BCUT2D eigenvalue weighted by Crippen LogP contribution is -2.44. The molecule has 0 bridgehead atoms. The highest BCUT2D eigenvalue weighted by Gasteiger charge is 2.28. The van der Waals surface area contributed by atoms with Crippen molar-refractivity contribution in [2.24, 2.45) is 5.92 Å². The maximum Gasteiger partial charge on any atom is 0.231 e. The van der Waals surface area contributed by atoms with Crippen molar-refractivity contribution in [2.75, 3.05) is 18.0 Å². The Morgan fingerprint density at radius 1 is 1.28 bits per heavy atom. The Morgan fingerprint density at radius 2 is 2.03 bits per heavy atom. The topological polar surface area (TPSA) is 84.4 Å². The largest absolute Gasteiger partial charge is 0.469 e. The Hall–Kier alpha value is -2.83. The fourth-order valence-corrected chi connectivity index (χ4v) is 4.06. The van der Waals surface area contributed by atoms with Gasteiger partial charge in [-0.1, -0.05) is 0 Å². The molecule has 1 aliphatic heterocycles. The SMILES string of the molecule is Cc1nc(N2CCC(C(=O)NC(C)Cc3ccco3)CC2)c2c(C)c(C)oc2n1. The minimum atomic E-state index is 0.0240. The van der Waals surface area contributed by atoms with Gasteiger partial charge in [-0.25, -0.2) is 4.98 Å². The van der Waals surface area contributed by atoms with E-state index in [1.54, 1.807) is 6.26 Å². The van der Waals surface area contributed by atoms with Crippen molar-refractivity contribution in [3.05, 3.63) is 41.3 Å². The summed E-state index contributed by atoms with van der Waals surface area (Å²) in [6.45, 7) is 9.48. The van der Waals surface area contributed by atoms with Crippen LogP contribution in [0.1, 0.15) is 42.7 Å². The number of nitrogens with one attached hydrogen (secondary N) is 1. The van der Waals surface area contributed by atoms with Gasteiger partial charge in [0.2, 0.25) is 11.6 Å². The van der Waals surface area contributed by atoms with E-state index >= 15 is 0 Å². The predicted octanol–water partition coefficient (Wildman–Crippen LogP) is 3.70. The van der Waals surface area contributed by atoms with E-state index in [0.717, 1.165) is 54.2 Å². The molecule has 3 aromatic heterocycles. The fourth-order valence-electron chi connectivity index (χ4n) is 4.06. The summed E-state index contributed by atoms with van der Waals surface area (Å²) in [5.74, 6) is 3.54. The Balaban J connectivity index is 1.41. The number of carbonyl (C=O) groups is 1. The monoisotopic (exact) mass is 396 g/mol. The third-order valence-corrected chi connectivity index (χ3v) is 5.76. The predicted molar refractivity (Wildman–Crippen MR) is 111 cm³/mol. The van der Waals surface area contributed by atoms with E-state index < -0.39 is 0 Å². The lowest BCUT2D eigenvalue weighted by molar-refractivity contribution is -0.126. The molecule has 1 aliphatic rings. The van der Waals surface area contributed by atoms with E-state index in [2.05, 4.69) is 15.2 Å². The molecular formula is C22H28N4O3. The Morgan fingerprint density at radius 3 is 2.72 bits per heavy atom. The first-order chi connectivity index (χ1) is 13.9. The molecule has 154 valence electrons. The number of fused-ring (bicyclic) bond motifs is 1. The summed E-state index contributed by atoms with van der Waals surface area (Å²) in [5.41, 5.74) is 1.73. The second-order valence-corrected chi connectivity index (χ2v) is 8.01. The van der Waals surface area contributed by atoms with Crippen LogP contribution in [0.2, 0.25) is 0 Å². The number of aryl methyl sites for hydroxylation is 3. The van der Waals surface area contributed by atoms with E-state index in [4.69, 9.17) is 13.8 Å². The number of nitrogens with zero attached hydrogens (tertiary/aromatic N) is 3. The number of aromatic nitrogens is 2. The first-order valence-corrected chi connectivity index (χ1v) is 10.2. The first kappa shape index (κ1) is 19.5. The quantitative estimate of drug-likeness (QED) is 0.708. The molecule has 0 saturated carbocycles. The van der Waals surface area contributed by atoms with Crippen molar-refractivity contribution in [3.8, 4) is 0 Å². The molecule has 1 N–H and O–H groups in total. The normalized spacial score (nSPS) is 16.3. The minimum absolute atomic E-state index is 0.0240. The number of hydrogen-bond donors (Lipinski definition) is 1. The van der Waals surface area contributed by atoms with Gasteiger partial charge < -0.3 is 19.1 Å². The van der Waals surface area contributed by atoms with Gasteiger partial charge in [-0.2, -0.15) is 4.98 Å². The lowest BCUT2D eigenvalue weighted by atomic mass is 9.95. The lowest BCUT2D eigenvalue weighted by Gasteiger charge is -2.33. The summed E-state index contributed by atoms with van der Waals surface area (Å²) in [6.07, 6.45) is 3.98. The first-order valence-electron chi connectivity index (χ1n) is 10.2. The van der Waals surface area contributed by atoms with Gasteiger partial charge in [0, 0.05) is 37.0 Å². The number of amides is 1. The zero-order chi connectivity index (χ0) is 20.5. The second-order valence-electron chi connectivity index (χ2n) is 8.01. The highest BCUT2D eigenvalue weighted by atomic mass is 16.3. The molecule has 0 radical (unpaired) electrons. The highest BCUT2D eigenvalue weighted by molar-refractivity contribution is 5.90. The number of piperidine rings is 1. The van der Waals surface area contributed by atoms with Crippen LogP contribution in [0, 0.1) is 26.7 Å². The third-order valence-electron chi connectivity index (χ3n) is 5.76. The summed E-state index contributed by atoms with van der Waals surface area (Å²) >= 11 is 0. The Labute approximate surface area is 170 Å². The molecule has 4 heterocycles. The molecule has 4 rings (SSSR count). The molecule has 7 heteroatoms. The summed E-state index contributed by atoms with van der Waals surface area (Å²) in [7, 11) is 0. The summed E-state index contributed by atoms with van der Waals surface area (Å²) in [4.78, 5) is 24.1. The van der Waals surface area contributed by atoms with Crippen LogP contribution in [0.5, 0.6) is 0 Å². The van der Waals surface area contributed by atoms with Gasteiger partial charge in [-0.15, -0.1) is 0 Å². The average Bonchev–Trinajstić information content (AvgIpc) is 3.29. The van der Waals surface area contributed by atoms with Crippen molar-refractivity contribution in [1.29, 1.82) is 0 Å². The standard InChI is InChI=1S/C22H28N4O3/c1-13(12-18-6-5-11-28-18)23-21(27)17-7-9-26(10-8-17)20-19-14(2)15(3)29-22(19)25-16(4)24-20/h5-6,11,13,17H,7-10,12H2,1-4H3,(H,23,27). The van der Waals surface area contributed by atoms with E-state index in [0.29, 0.717) is 18.0 Å². The van der Waals surface area contributed by atoms with Crippen molar-refractivity contribution < 1.29 is 13.6 Å². The molecule has 0 spiro atoms. The third kappa shape index (κ3) is 3.99. The second kappa shape index (κ2) is 7.89. The molecule has 0 aromatic carbocycles. The van der Waals surface area contributed by atoms with Crippen LogP contribution in [-0.2, 0) is 11.2 Å². The van der Waals surface area contributed by atoms with Crippen molar-refractivity contribution >= 4 is 22.8 Å². The summed E-state index contributed by atoms with van der Waals surface area (Å²) < 4.78 is 11.2. The Bertz CT molecular complexity index is 1000. The van der Waals surface area contributed by atoms with Gasteiger partial charge in [0.1, 0.15) is 23.2 Å². The van der Waals surface area contributed by atoms with Gasteiger partial charge in [0.15, 0.2) is 0 Å². The van der Waals surface area contributed by atoms with Crippen LogP contribution in [0.25, 0.3) is 11.1 Å². The minimum Gasteiger partial charge on any atom is -0.469 e.